The summed E-state index contributed by atoms with van der Waals surface area (Å²) >= 11 is 9.37. The van der Waals surface area contributed by atoms with Crippen molar-refractivity contribution in [2.24, 2.45) is 0 Å². The second-order valence-corrected chi connectivity index (χ2v) is 13.5. The molecule has 1 amide bonds. The maximum absolute atomic E-state index is 12.7. The van der Waals surface area contributed by atoms with Crippen molar-refractivity contribution in [1.82, 2.24) is 14.8 Å². The van der Waals surface area contributed by atoms with Crippen LogP contribution in [0, 0.1) is 6.92 Å². The fraction of sp³-hybridized carbons (Fsp3) is 0.395. The molecule has 1 aromatic heterocycles. The zero-order valence-corrected chi connectivity index (χ0v) is 31.0. The Morgan fingerprint density at radius 3 is 2.39 bits per heavy atom. The average molecular weight is 754 g/mol. The zero-order valence-electron chi connectivity index (χ0n) is 28.7. The summed E-state index contributed by atoms with van der Waals surface area (Å²) in [7, 11) is 1.63. The van der Waals surface area contributed by atoms with Crippen LogP contribution in [0.1, 0.15) is 84.3 Å². The van der Waals surface area contributed by atoms with Crippen molar-refractivity contribution in [2.45, 2.75) is 71.9 Å². The van der Waals surface area contributed by atoms with E-state index in [2.05, 4.69) is 33.1 Å². The largest absolute Gasteiger partial charge is 0.497 e. The van der Waals surface area contributed by atoms with Crippen LogP contribution in [-0.4, -0.2) is 60.1 Å². The third-order valence-electron chi connectivity index (χ3n) is 8.75. The Morgan fingerprint density at radius 1 is 1.02 bits per heavy atom. The lowest BCUT2D eigenvalue weighted by molar-refractivity contribution is -0.141. The maximum atomic E-state index is 12.7. The normalized spacial score (nSPS) is 13.1. The SMILES string of the molecule is CCN(Cc1cc(C(=O)NCCCOC(C)=O)cc(Br)c1N)C1CCCCC1.COc1ccc2c(c1)cc(C)n2C(=O)c1ccc(Cl)cc1. The number of anilines is 1. The molecule has 3 N–H and O–H groups in total. The number of nitrogens with zero attached hydrogens (tertiary/aromatic N) is 2. The van der Waals surface area contributed by atoms with E-state index in [1.165, 1.54) is 39.0 Å². The molecule has 1 saturated carbocycles. The number of aryl methyl sites for hydroxylation is 1. The van der Waals surface area contributed by atoms with Gasteiger partial charge >= 0.3 is 5.97 Å². The molecule has 0 atom stereocenters. The molecular formula is C38H46BrClN4O5. The lowest BCUT2D eigenvalue weighted by Gasteiger charge is -2.34. The number of halogens is 2. The van der Waals surface area contributed by atoms with Gasteiger partial charge in [0.15, 0.2) is 0 Å². The van der Waals surface area contributed by atoms with Gasteiger partial charge in [0.05, 0.1) is 24.9 Å². The van der Waals surface area contributed by atoms with Gasteiger partial charge in [0.1, 0.15) is 5.75 Å². The van der Waals surface area contributed by atoms with Gasteiger partial charge in [0.2, 0.25) is 0 Å². The van der Waals surface area contributed by atoms with Gasteiger partial charge < -0.3 is 20.5 Å². The third kappa shape index (κ3) is 10.3. The van der Waals surface area contributed by atoms with Crippen LogP contribution in [0.4, 0.5) is 5.69 Å². The third-order valence-corrected chi connectivity index (χ3v) is 9.66. The molecule has 1 heterocycles. The summed E-state index contributed by atoms with van der Waals surface area (Å²) in [5.74, 6) is 0.255. The van der Waals surface area contributed by atoms with Crippen molar-refractivity contribution >= 4 is 61.9 Å². The van der Waals surface area contributed by atoms with Crippen LogP contribution >= 0.6 is 27.5 Å². The van der Waals surface area contributed by atoms with Crippen molar-refractivity contribution in [1.29, 1.82) is 0 Å². The second-order valence-electron chi connectivity index (χ2n) is 12.2. The van der Waals surface area contributed by atoms with Crippen LogP contribution in [0.3, 0.4) is 0 Å². The quantitative estimate of drug-likeness (QED) is 0.0902. The number of aromatic nitrogens is 1. The van der Waals surface area contributed by atoms with E-state index in [0.29, 0.717) is 47.5 Å². The molecule has 262 valence electrons. The van der Waals surface area contributed by atoms with Crippen LogP contribution in [0.5, 0.6) is 5.75 Å². The Balaban J connectivity index is 0.000000229. The number of hydrogen-bond donors (Lipinski definition) is 2. The number of fused-ring (bicyclic) bond motifs is 1. The molecule has 0 saturated heterocycles. The maximum Gasteiger partial charge on any atom is 0.302 e. The number of nitrogens with two attached hydrogens (primary N) is 1. The number of ether oxygens (including phenoxy) is 2. The van der Waals surface area contributed by atoms with E-state index in [1.54, 1.807) is 42.0 Å². The number of nitrogen functional groups attached to an aromatic ring is 1. The predicted molar refractivity (Wildman–Crippen MR) is 200 cm³/mol. The van der Waals surface area contributed by atoms with Crippen molar-refractivity contribution in [3.8, 4) is 5.75 Å². The first-order valence-corrected chi connectivity index (χ1v) is 17.9. The van der Waals surface area contributed by atoms with E-state index in [-0.39, 0.29) is 17.8 Å². The van der Waals surface area contributed by atoms with Gasteiger partial charge in [-0.2, -0.15) is 0 Å². The van der Waals surface area contributed by atoms with Crippen LogP contribution in [0.15, 0.2) is 65.1 Å². The molecule has 0 bridgehead atoms. The Labute approximate surface area is 302 Å². The van der Waals surface area contributed by atoms with E-state index in [1.807, 2.05) is 37.3 Å². The van der Waals surface area contributed by atoms with Crippen molar-refractivity contribution in [3.63, 3.8) is 0 Å². The highest BCUT2D eigenvalue weighted by molar-refractivity contribution is 9.10. The van der Waals surface area contributed by atoms with Crippen molar-refractivity contribution in [3.05, 3.63) is 92.5 Å². The lowest BCUT2D eigenvalue weighted by atomic mass is 9.93. The Bertz CT molecular complexity index is 1750. The fourth-order valence-corrected chi connectivity index (χ4v) is 6.77. The smallest absolute Gasteiger partial charge is 0.302 e. The van der Waals surface area contributed by atoms with E-state index in [0.717, 1.165) is 45.5 Å². The zero-order chi connectivity index (χ0) is 35.5. The standard InChI is InChI=1S/C21H32BrN3O3.C17H14ClNO2/c1-3-25(18-8-5-4-6-9-18)14-17-12-16(13-19(22)20(17)23)21(27)24-10-7-11-28-15(2)26;1-11-9-13-10-15(21-2)7-8-16(13)19(11)17(20)12-3-5-14(18)6-4-12/h12-13,18H,3-11,14,23H2,1-2H3,(H,24,27);3-10H,1-2H3. The highest BCUT2D eigenvalue weighted by Crippen LogP contribution is 2.30. The molecule has 3 aromatic carbocycles. The summed E-state index contributed by atoms with van der Waals surface area (Å²) in [6.45, 7) is 7.94. The predicted octanol–water partition coefficient (Wildman–Crippen LogP) is 8.17. The van der Waals surface area contributed by atoms with Crippen LogP contribution in [0.25, 0.3) is 10.9 Å². The minimum Gasteiger partial charge on any atom is -0.497 e. The number of esters is 1. The lowest BCUT2D eigenvalue weighted by Crippen LogP contribution is -2.36. The number of amides is 1. The minimum atomic E-state index is -0.308. The Morgan fingerprint density at radius 2 is 1.73 bits per heavy atom. The molecule has 4 aromatic rings. The molecule has 9 nitrogen and oxygen atoms in total. The summed E-state index contributed by atoms with van der Waals surface area (Å²) < 4.78 is 12.5. The molecule has 5 rings (SSSR count). The highest BCUT2D eigenvalue weighted by Gasteiger charge is 2.22. The van der Waals surface area contributed by atoms with E-state index < -0.39 is 0 Å². The van der Waals surface area contributed by atoms with Crippen LogP contribution in [0.2, 0.25) is 5.02 Å². The fourth-order valence-electron chi connectivity index (χ4n) is 6.14. The molecule has 1 aliphatic rings. The molecule has 0 aliphatic heterocycles. The highest BCUT2D eigenvalue weighted by atomic mass is 79.9. The first-order chi connectivity index (χ1) is 23.5. The van der Waals surface area contributed by atoms with Gasteiger partial charge in [-0.3, -0.25) is 23.9 Å². The molecule has 1 aliphatic carbocycles. The Kier molecular flexibility index (Phi) is 14.1. The molecular weight excluding hydrogens is 708 g/mol. The number of carbonyl (C=O) groups is 3. The van der Waals surface area contributed by atoms with E-state index in [9.17, 15) is 14.4 Å². The van der Waals surface area contributed by atoms with Crippen molar-refractivity contribution in [2.75, 3.05) is 32.5 Å². The number of methoxy groups -OCH3 is 1. The summed E-state index contributed by atoms with van der Waals surface area (Å²) in [4.78, 5) is 38.5. The summed E-state index contributed by atoms with van der Waals surface area (Å²) in [5.41, 5.74) is 10.9. The summed E-state index contributed by atoms with van der Waals surface area (Å²) in [5, 5.41) is 4.47. The number of nitrogens with one attached hydrogen (secondary N) is 1. The minimum absolute atomic E-state index is 0.0654. The average Bonchev–Trinajstić information content (AvgIpc) is 3.43. The monoisotopic (exact) mass is 752 g/mol. The molecule has 0 spiro atoms. The number of hydrogen-bond acceptors (Lipinski definition) is 7. The van der Waals surface area contributed by atoms with Crippen LogP contribution in [-0.2, 0) is 16.1 Å². The topological polar surface area (TPSA) is 116 Å². The van der Waals surface area contributed by atoms with Gasteiger partial charge in [-0.1, -0.05) is 37.8 Å². The van der Waals surface area contributed by atoms with Gasteiger partial charge in [-0.25, -0.2) is 0 Å². The van der Waals surface area contributed by atoms with Crippen molar-refractivity contribution < 1.29 is 23.9 Å². The second kappa shape index (κ2) is 18.2. The van der Waals surface area contributed by atoms with Crippen LogP contribution < -0.4 is 15.8 Å². The summed E-state index contributed by atoms with van der Waals surface area (Å²) in [6, 6.07) is 18.8. The number of benzene rings is 3. The molecule has 1 fully saturated rings. The van der Waals surface area contributed by atoms with Gasteiger partial charge in [0.25, 0.3) is 11.8 Å². The molecule has 0 radical (unpaired) electrons. The molecule has 49 heavy (non-hydrogen) atoms. The van der Waals surface area contributed by atoms with Gasteiger partial charge in [-0.15, -0.1) is 0 Å². The number of carbonyl (C=O) groups excluding carboxylic acids is 3. The first-order valence-electron chi connectivity index (χ1n) is 16.7. The Hall–Kier alpha value is -3.86. The first kappa shape index (κ1) is 38.0. The van der Waals surface area contributed by atoms with E-state index >= 15 is 0 Å². The summed E-state index contributed by atoms with van der Waals surface area (Å²) in [6.07, 6.45) is 6.95. The molecule has 0 unspecified atom stereocenters. The van der Waals surface area contributed by atoms with Gasteiger partial charge in [-0.05, 0) is 115 Å². The van der Waals surface area contributed by atoms with E-state index in [4.69, 9.17) is 26.8 Å². The molecule has 11 heteroatoms. The number of rotatable bonds is 11. The van der Waals surface area contributed by atoms with Gasteiger partial charge in [0, 0.05) is 57.8 Å².